The van der Waals surface area contributed by atoms with Gasteiger partial charge >= 0.3 is 11.9 Å². The van der Waals surface area contributed by atoms with Crippen LogP contribution in [0.5, 0.6) is 0 Å². The second-order valence-corrected chi connectivity index (χ2v) is 5.97. The molecule has 0 rings (SSSR count). The number of rotatable bonds is 13. The standard InChI is InChI=1S/C14H24N4O9S/c15-6(1-2-10(21)22)11(23)16-7(3-19)12(24)18-9(5-28)13(25)17-8(4-20)14(26)27/h6-9,19-20,28H,1-5,15H2,(H,16,23)(H,17,25)(H,18,24)(H,21,22)(H,26,27). The van der Waals surface area contributed by atoms with Crippen molar-refractivity contribution in [2.75, 3.05) is 19.0 Å². The smallest absolute Gasteiger partial charge is 0.328 e. The third-order valence-corrected chi connectivity index (χ3v) is 3.80. The molecule has 28 heavy (non-hydrogen) atoms. The van der Waals surface area contributed by atoms with Gasteiger partial charge in [-0.25, -0.2) is 4.79 Å². The number of carbonyl (C=O) groups is 5. The maximum atomic E-state index is 12.2. The fraction of sp³-hybridized carbons (Fsp3) is 0.643. The number of aliphatic hydroxyl groups excluding tert-OH is 2. The molecule has 0 aromatic carbocycles. The lowest BCUT2D eigenvalue weighted by molar-refractivity contribution is -0.143. The number of nitrogens with one attached hydrogen (secondary N) is 3. The molecule has 4 atom stereocenters. The number of hydrogen-bond acceptors (Lipinski definition) is 9. The molecule has 0 saturated heterocycles. The van der Waals surface area contributed by atoms with Crippen LogP contribution in [-0.4, -0.2) is 93.2 Å². The number of carboxylic acids is 2. The van der Waals surface area contributed by atoms with Gasteiger partial charge in [-0.2, -0.15) is 12.6 Å². The molecule has 4 unspecified atom stereocenters. The van der Waals surface area contributed by atoms with Crippen LogP contribution in [0.4, 0.5) is 0 Å². The third-order valence-electron chi connectivity index (χ3n) is 3.43. The van der Waals surface area contributed by atoms with Crippen LogP contribution in [-0.2, 0) is 24.0 Å². The van der Waals surface area contributed by atoms with Gasteiger partial charge in [-0.15, -0.1) is 0 Å². The van der Waals surface area contributed by atoms with Gasteiger partial charge in [0.25, 0.3) is 0 Å². The Hall–Kier alpha value is -2.42. The van der Waals surface area contributed by atoms with Crippen LogP contribution >= 0.6 is 12.6 Å². The molecule has 14 heteroatoms. The van der Waals surface area contributed by atoms with E-state index in [-0.39, 0.29) is 18.6 Å². The van der Waals surface area contributed by atoms with Crippen molar-refractivity contribution in [2.45, 2.75) is 37.0 Å². The van der Waals surface area contributed by atoms with Crippen LogP contribution < -0.4 is 21.7 Å². The molecule has 160 valence electrons. The van der Waals surface area contributed by atoms with E-state index in [2.05, 4.69) is 23.3 Å². The summed E-state index contributed by atoms with van der Waals surface area (Å²) in [4.78, 5) is 57.3. The number of aliphatic carboxylic acids is 2. The first kappa shape index (κ1) is 25.6. The molecule has 13 nitrogen and oxygen atoms in total. The molecule has 0 bridgehead atoms. The van der Waals surface area contributed by atoms with Gasteiger partial charge in [0, 0.05) is 12.2 Å². The van der Waals surface area contributed by atoms with E-state index in [0.717, 1.165) is 0 Å². The zero-order valence-electron chi connectivity index (χ0n) is 14.7. The number of amides is 3. The monoisotopic (exact) mass is 424 g/mol. The molecule has 0 aliphatic heterocycles. The highest BCUT2D eigenvalue weighted by atomic mass is 32.1. The fourth-order valence-electron chi connectivity index (χ4n) is 1.81. The van der Waals surface area contributed by atoms with Crippen molar-refractivity contribution in [3.63, 3.8) is 0 Å². The molecule has 0 aromatic rings. The normalized spacial score (nSPS) is 14.9. The minimum absolute atomic E-state index is 0.194. The van der Waals surface area contributed by atoms with E-state index in [0.29, 0.717) is 0 Å². The Morgan fingerprint density at radius 2 is 1.29 bits per heavy atom. The molecule has 3 amide bonds. The molecule has 0 spiro atoms. The average molecular weight is 424 g/mol. The number of nitrogens with two attached hydrogens (primary N) is 1. The second kappa shape index (κ2) is 12.9. The highest BCUT2D eigenvalue weighted by Gasteiger charge is 2.29. The molecular weight excluding hydrogens is 400 g/mol. The van der Waals surface area contributed by atoms with Crippen LogP contribution in [0.2, 0.25) is 0 Å². The van der Waals surface area contributed by atoms with Gasteiger partial charge in [-0.1, -0.05) is 0 Å². The Morgan fingerprint density at radius 1 is 0.821 bits per heavy atom. The Balaban J connectivity index is 4.86. The predicted octanol–water partition coefficient (Wildman–Crippen LogP) is -4.37. The Morgan fingerprint density at radius 3 is 1.71 bits per heavy atom. The molecule has 0 aromatic heterocycles. The van der Waals surface area contributed by atoms with Gasteiger partial charge in [-0.05, 0) is 6.42 Å². The van der Waals surface area contributed by atoms with Gasteiger partial charge < -0.3 is 42.1 Å². The van der Waals surface area contributed by atoms with E-state index in [4.69, 9.17) is 21.1 Å². The van der Waals surface area contributed by atoms with Crippen molar-refractivity contribution < 1.29 is 44.4 Å². The molecule has 0 saturated carbocycles. The van der Waals surface area contributed by atoms with Crippen molar-refractivity contribution in [3.05, 3.63) is 0 Å². The predicted molar refractivity (Wildman–Crippen MR) is 96.3 cm³/mol. The molecule has 0 aliphatic carbocycles. The fourth-order valence-corrected chi connectivity index (χ4v) is 2.06. The van der Waals surface area contributed by atoms with E-state index in [1.54, 1.807) is 0 Å². The van der Waals surface area contributed by atoms with Crippen molar-refractivity contribution in [1.82, 2.24) is 16.0 Å². The summed E-state index contributed by atoms with van der Waals surface area (Å²) in [6.45, 7) is -1.73. The first-order valence-corrected chi connectivity index (χ1v) is 8.64. The Labute approximate surface area is 165 Å². The summed E-state index contributed by atoms with van der Waals surface area (Å²) in [6.07, 6.45) is -0.567. The molecule has 0 fully saturated rings. The third kappa shape index (κ3) is 8.98. The molecule has 9 N–H and O–H groups in total. The van der Waals surface area contributed by atoms with Crippen LogP contribution in [0.15, 0.2) is 0 Å². The lowest BCUT2D eigenvalue weighted by Gasteiger charge is -2.23. The van der Waals surface area contributed by atoms with Crippen LogP contribution in [0.25, 0.3) is 0 Å². The SMILES string of the molecule is NC(CCC(=O)O)C(=O)NC(CO)C(=O)NC(CS)C(=O)NC(CO)C(=O)O. The summed E-state index contributed by atoms with van der Waals surface area (Å²) in [7, 11) is 0. The van der Waals surface area contributed by atoms with E-state index in [1.165, 1.54) is 0 Å². The van der Waals surface area contributed by atoms with Crippen molar-refractivity contribution in [1.29, 1.82) is 0 Å². The van der Waals surface area contributed by atoms with Crippen molar-refractivity contribution in [3.8, 4) is 0 Å². The van der Waals surface area contributed by atoms with E-state index < -0.39 is 67.0 Å². The number of hydrogen-bond donors (Lipinski definition) is 9. The number of aliphatic hydroxyl groups is 2. The van der Waals surface area contributed by atoms with Gasteiger partial charge in [-0.3, -0.25) is 19.2 Å². The summed E-state index contributed by atoms with van der Waals surface area (Å²) >= 11 is 3.87. The van der Waals surface area contributed by atoms with Gasteiger partial charge in [0.15, 0.2) is 0 Å². The van der Waals surface area contributed by atoms with Crippen LogP contribution in [0.3, 0.4) is 0 Å². The summed E-state index contributed by atoms with van der Waals surface area (Å²) < 4.78 is 0. The summed E-state index contributed by atoms with van der Waals surface area (Å²) in [5.41, 5.74) is 5.50. The average Bonchev–Trinajstić information content (AvgIpc) is 2.65. The minimum atomic E-state index is -1.59. The summed E-state index contributed by atoms with van der Waals surface area (Å²) in [6, 6.07) is -5.64. The van der Waals surface area contributed by atoms with Gasteiger partial charge in [0.05, 0.1) is 19.3 Å². The van der Waals surface area contributed by atoms with Gasteiger partial charge in [0.1, 0.15) is 18.1 Å². The van der Waals surface area contributed by atoms with Crippen molar-refractivity contribution in [2.24, 2.45) is 5.73 Å². The zero-order valence-corrected chi connectivity index (χ0v) is 15.6. The van der Waals surface area contributed by atoms with Crippen molar-refractivity contribution >= 4 is 42.3 Å². The molecule has 0 radical (unpaired) electrons. The lowest BCUT2D eigenvalue weighted by atomic mass is 10.1. The Kier molecular flexibility index (Phi) is 11.8. The van der Waals surface area contributed by atoms with E-state index in [1.807, 2.05) is 5.32 Å². The minimum Gasteiger partial charge on any atom is -0.481 e. The highest BCUT2D eigenvalue weighted by Crippen LogP contribution is 1.98. The molecule has 0 heterocycles. The zero-order chi connectivity index (χ0) is 21.9. The molecular formula is C14H24N4O9S. The summed E-state index contributed by atoms with van der Waals surface area (Å²) in [5, 5.41) is 41.8. The number of carboxylic acid groups (broad SMARTS) is 2. The quantitative estimate of drug-likeness (QED) is 0.129. The first-order valence-electron chi connectivity index (χ1n) is 8.01. The first-order chi connectivity index (χ1) is 13.1. The van der Waals surface area contributed by atoms with Gasteiger partial charge in [0.2, 0.25) is 17.7 Å². The summed E-state index contributed by atoms with van der Waals surface area (Å²) in [5.74, 6) is -5.72. The van der Waals surface area contributed by atoms with E-state index in [9.17, 15) is 29.1 Å². The maximum Gasteiger partial charge on any atom is 0.328 e. The van der Waals surface area contributed by atoms with Crippen LogP contribution in [0.1, 0.15) is 12.8 Å². The molecule has 0 aliphatic rings. The lowest BCUT2D eigenvalue weighted by Crippen LogP contribution is -2.58. The number of carbonyl (C=O) groups excluding carboxylic acids is 3. The maximum absolute atomic E-state index is 12.2. The largest absolute Gasteiger partial charge is 0.481 e. The van der Waals surface area contributed by atoms with Crippen LogP contribution in [0, 0.1) is 0 Å². The van der Waals surface area contributed by atoms with E-state index >= 15 is 0 Å². The Bertz CT molecular complexity index is 589. The highest BCUT2D eigenvalue weighted by molar-refractivity contribution is 7.80. The second-order valence-electron chi connectivity index (χ2n) is 5.61. The number of thiol groups is 1. The topological polar surface area (TPSA) is 228 Å².